The minimum atomic E-state index is -0.0213. The van der Waals surface area contributed by atoms with Crippen molar-refractivity contribution < 1.29 is 0 Å². The van der Waals surface area contributed by atoms with Gasteiger partial charge in [-0.1, -0.05) is 18.2 Å². The van der Waals surface area contributed by atoms with E-state index in [0.29, 0.717) is 12.6 Å². The number of hydrogen-bond acceptors (Lipinski definition) is 4. The van der Waals surface area contributed by atoms with Gasteiger partial charge in [0.05, 0.1) is 11.9 Å². The molecule has 3 aromatic rings. The zero-order valence-electron chi connectivity index (χ0n) is 13.5. The van der Waals surface area contributed by atoms with E-state index in [1.165, 1.54) is 11.3 Å². The summed E-state index contributed by atoms with van der Waals surface area (Å²) in [6.45, 7) is 6.89. The normalized spacial score (nSPS) is 17.0. The van der Waals surface area contributed by atoms with E-state index in [1.807, 2.05) is 13.8 Å². The maximum absolute atomic E-state index is 12.4. The lowest BCUT2D eigenvalue weighted by Gasteiger charge is -2.24. The molecule has 4 rings (SSSR count). The summed E-state index contributed by atoms with van der Waals surface area (Å²) in [4.78, 5) is 24.5. The predicted octanol–water partition coefficient (Wildman–Crippen LogP) is 3.55. The Hall–Kier alpha value is -2.14. The van der Waals surface area contributed by atoms with Crippen LogP contribution < -0.4 is 10.5 Å². The van der Waals surface area contributed by atoms with Gasteiger partial charge in [-0.15, -0.1) is 11.3 Å². The molecule has 1 atom stereocenters. The first-order valence-corrected chi connectivity index (χ1v) is 8.69. The van der Waals surface area contributed by atoms with Gasteiger partial charge in [-0.25, -0.2) is 4.98 Å². The van der Waals surface area contributed by atoms with E-state index < -0.39 is 0 Å². The number of nitrogens with one attached hydrogen (secondary N) is 1. The molecule has 2 aromatic heterocycles. The topological polar surface area (TPSA) is 49.0 Å². The minimum absolute atomic E-state index is 0.0213. The second-order valence-electron chi connectivity index (χ2n) is 6.29. The Morgan fingerprint density at radius 3 is 2.96 bits per heavy atom. The van der Waals surface area contributed by atoms with Gasteiger partial charge in [-0.3, -0.25) is 4.79 Å². The van der Waals surface area contributed by atoms with E-state index in [2.05, 4.69) is 41.1 Å². The fraction of sp³-hybridized carbons (Fsp3) is 0.333. The second-order valence-corrected chi connectivity index (χ2v) is 7.49. The lowest BCUT2D eigenvalue weighted by Crippen LogP contribution is -2.30. The molecule has 0 amide bonds. The Bertz CT molecular complexity index is 957. The maximum Gasteiger partial charge on any atom is 0.259 e. The van der Waals surface area contributed by atoms with Crippen LogP contribution in [0.3, 0.4) is 0 Å². The van der Waals surface area contributed by atoms with E-state index in [-0.39, 0.29) is 5.56 Å². The number of thiophene rings is 1. The fourth-order valence-corrected chi connectivity index (χ4v) is 4.45. The zero-order chi connectivity index (χ0) is 16.1. The van der Waals surface area contributed by atoms with Crippen LogP contribution in [0.1, 0.15) is 28.8 Å². The first kappa shape index (κ1) is 14.5. The van der Waals surface area contributed by atoms with Crippen molar-refractivity contribution in [2.75, 3.05) is 4.90 Å². The molecule has 23 heavy (non-hydrogen) atoms. The molecule has 0 aliphatic carbocycles. The zero-order valence-corrected chi connectivity index (χ0v) is 14.3. The van der Waals surface area contributed by atoms with Gasteiger partial charge < -0.3 is 9.88 Å². The van der Waals surface area contributed by atoms with Crippen molar-refractivity contribution in [2.45, 2.75) is 39.8 Å². The summed E-state index contributed by atoms with van der Waals surface area (Å²) in [5.74, 6) is 0.743. The van der Waals surface area contributed by atoms with Gasteiger partial charge in [-0.2, -0.15) is 0 Å². The standard InChI is InChI=1S/C18H19N3OS/c1-10-8-13-6-4-5-7-14(13)21(10)9-15-19-17(22)16-11(2)12(3)23-18(16)20-15/h4-7,10H,8-9H2,1-3H3,(H,19,20,22). The molecule has 1 aliphatic heterocycles. The molecule has 0 spiro atoms. The lowest BCUT2D eigenvalue weighted by atomic mass is 10.1. The Morgan fingerprint density at radius 2 is 2.13 bits per heavy atom. The van der Waals surface area contributed by atoms with Crippen LogP contribution >= 0.6 is 11.3 Å². The summed E-state index contributed by atoms with van der Waals surface area (Å²) in [6, 6.07) is 8.89. The quantitative estimate of drug-likeness (QED) is 0.784. The van der Waals surface area contributed by atoms with Crippen LogP contribution in [-0.2, 0) is 13.0 Å². The fourth-order valence-electron chi connectivity index (χ4n) is 3.41. The van der Waals surface area contributed by atoms with Crippen molar-refractivity contribution >= 4 is 27.2 Å². The van der Waals surface area contributed by atoms with Gasteiger partial charge in [0, 0.05) is 16.6 Å². The average Bonchev–Trinajstić information content (AvgIpc) is 2.97. The van der Waals surface area contributed by atoms with Crippen LogP contribution in [0.5, 0.6) is 0 Å². The van der Waals surface area contributed by atoms with E-state index in [1.54, 1.807) is 11.3 Å². The van der Waals surface area contributed by atoms with Gasteiger partial charge in [0.1, 0.15) is 10.7 Å². The Balaban J connectivity index is 1.75. The van der Waals surface area contributed by atoms with Gasteiger partial charge in [-0.05, 0) is 44.4 Å². The summed E-state index contributed by atoms with van der Waals surface area (Å²) >= 11 is 1.60. The third-order valence-electron chi connectivity index (χ3n) is 4.76. The highest BCUT2D eigenvalue weighted by Gasteiger charge is 2.26. The van der Waals surface area contributed by atoms with Crippen molar-refractivity contribution in [2.24, 2.45) is 0 Å². The SMILES string of the molecule is Cc1sc2nc(CN3c4ccccc4CC3C)[nH]c(=O)c2c1C. The van der Waals surface area contributed by atoms with Crippen molar-refractivity contribution in [1.29, 1.82) is 0 Å². The number of fused-ring (bicyclic) bond motifs is 2. The molecule has 0 fully saturated rings. The monoisotopic (exact) mass is 325 g/mol. The van der Waals surface area contributed by atoms with Crippen LogP contribution in [0.25, 0.3) is 10.2 Å². The van der Waals surface area contributed by atoms with E-state index in [0.717, 1.165) is 32.9 Å². The highest BCUT2D eigenvalue weighted by atomic mass is 32.1. The number of aryl methyl sites for hydroxylation is 2. The first-order valence-electron chi connectivity index (χ1n) is 7.88. The van der Waals surface area contributed by atoms with E-state index >= 15 is 0 Å². The van der Waals surface area contributed by atoms with Crippen LogP contribution in [0.15, 0.2) is 29.1 Å². The molecule has 1 aliphatic rings. The second kappa shape index (κ2) is 5.20. The number of hydrogen-bond donors (Lipinski definition) is 1. The molecule has 1 aromatic carbocycles. The number of para-hydroxylation sites is 1. The van der Waals surface area contributed by atoms with Crippen molar-refractivity contribution in [1.82, 2.24) is 9.97 Å². The molecule has 118 valence electrons. The summed E-state index contributed by atoms with van der Waals surface area (Å²) in [6.07, 6.45) is 1.04. The van der Waals surface area contributed by atoms with Crippen LogP contribution in [-0.4, -0.2) is 16.0 Å². The number of H-pyrrole nitrogens is 1. The lowest BCUT2D eigenvalue weighted by molar-refractivity contribution is 0.655. The smallest absolute Gasteiger partial charge is 0.259 e. The largest absolute Gasteiger partial charge is 0.361 e. The molecular weight excluding hydrogens is 306 g/mol. The van der Waals surface area contributed by atoms with Gasteiger partial charge >= 0.3 is 0 Å². The first-order chi connectivity index (χ1) is 11.0. The molecular formula is C18H19N3OS. The van der Waals surface area contributed by atoms with E-state index in [9.17, 15) is 4.79 Å². The molecule has 0 saturated heterocycles. The summed E-state index contributed by atoms with van der Waals surface area (Å²) in [5, 5.41) is 0.742. The Labute approximate surface area is 138 Å². The third kappa shape index (κ3) is 2.27. The Morgan fingerprint density at radius 1 is 1.35 bits per heavy atom. The molecule has 0 bridgehead atoms. The molecule has 1 N–H and O–H groups in total. The molecule has 5 heteroatoms. The molecule has 0 saturated carbocycles. The summed E-state index contributed by atoms with van der Waals surface area (Å²) in [7, 11) is 0. The number of aromatic amines is 1. The summed E-state index contributed by atoms with van der Waals surface area (Å²) < 4.78 is 0. The number of aromatic nitrogens is 2. The number of anilines is 1. The van der Waals surface area contributed by atoms with Crippen molar-refractivity contribution in [3.63, 3.8) is 0 Å². The van der Waals surface area contributed by atoms with Gasteiger partial charge in [0.2, 0.25) is 0 Å². The predicted molar refractivity (Wildman–Crippen MR) is 95.5 cm³/mol. The minimum Gasteiger partial charge on any atom is -0.361 e. The van der Waals surface area contributed by atoms with Gasteiger partial charge in [0.25, 0.3) is 5.56 Å². The van der Waals surface area contributed by atoms with Crippen LogP contribution in [0.4, 0.5) is 5.69 Å². The van der Waals surface area contributed by atoms with Crippen molar-refractivity contribution in [3.05, 3.63) is 56.4 Å². The molecule has 3 heterocycles. The molecule has 4 nitrogen and oxygen atoms in total. The highest BCUT2D eigenvalue weighted by molar-refractivity contribution is 7.18. The average molecular weight is 325 g/mol. The molecule has 0 radical (unpaired) electrons. The van der Waals surface area contributed by atoms with E-state index in [4.69, 9.17) is 4.98 Å². The number of rotatable bonds is 2. The van der Waals surface area contributed by atoms with Crippen LogP contribution in [0.2, 0.25) is 0 Å². The highest BCUT2D eigenvalue weighted by Crippen LogP contribution is 2.33. The van der Waals surface area contributed by atoms with Crippen molar-refractivity contribution in [3.8, 4) is 0 Å². The number of nitrogens with zero attached hydrogens (tertiary/aromatic N) is 2. The van der Waals surface area contributed by atoms with Gasteiger partial charge in [0.15, 0.2) is 0 Å². The molecule has 1 unspecified atom stereocenters. The summed E-state index contributed by atoms with van der Waals surface area (Å²) in [5.41, 5.74) is 3.64. The number of benzene rings is 1. The maximum atomic E-state index is 12.4. The van der Waals surface area contributed by atoms with Crippen LogP contribution in [0, 0.1) is 13.8 Å². The Kier molecular flexibility index (Phi) is 3.27. The third-order valence-corrected chi connectivity index (χ3v) is 5.86.